The average molecular weight is 383 g/mol. The molecule has 0 aliphatic heterocycles. The number of aryl methyl sites for hydroxylation is 1. The van der Waals surface area contributed by atoms with E-state index in [1.807, 2.05) is 16.8 Å². The Labute approximate surface area is 159 Å². The number of amides is 2. The predicted molar refractivity (Wildman–Crippen MR) is 99.6 cm³/mol. The summed E-state index contributed by atoms with van der Waals surface area (Å²) in [5.41, 5.74) is 6.66. The van der Waals surface area contributed by atoms with Crippen LogP contribution in [0.2, 0.25) is 0 Å². The topological polar surface area (TPSA) is 120 Å². The Morgan fingerprint density at radius 3 is 2.70 bits per heavy atom. The van der Waals surface area contributed by atoms with Crippen LogP contribution in [-0.2, 0) is 16.0 Å². The first kappa shape index (κ1) is 18.5. The van der Waals surface area contributed by atoms with E-state index in [0.29, 0.717) is 11.5 Å². The Bertz CT molecular complexity index is 966. The van der Waals surface area contributed by atoms with Crippen molar-refractivity contribution >= 4 is 28.9 Å². The van der Waals surface area contributed by atoms with Crippen LogP contribution in [0.4, 0.5) is 0 Å². The first-order chi connectivity index (χ1) is 13.0. The van der Waals surface area contributed by atoms with Crippen molar-refractivity contribution in [3.63, 3.8) is 0 Å². The molecule has 0 aromatic carbocycles. The summed E-state index contributed by atoms with van der Waals surface area (Å²) in [5.74, 6) is -1.96. The highest BCUT2D eigenvalue weighted by atomic mass is 32.1. The van der Waals surface area contributed by atoms with Gasteiger partial charge in [-0.2, -0.15) is 11.3 Å². The summed E-state index contributed by atoms with van der Waals surface area (Å²) in [7, 11) is 0. The van der Waals surface area contributed by atoms with Gasteiger partial charge in [0.1, 0.15) is 11.9 Å². The minimum Gasteiger partial charge on any atom is -0.363 e. The van der Waals surface area contributed by atoms with Crippen LogP contribution in [0.1, 0.15) is 21.9 Å². The number of hydrogen-bond acceptors (Lipinski definition) is 6. The number of aromatic nitrogens is 3. The zero-order valence-corrected chi connectivity index (χ0v) is 15.3. The second kappa shape index (κ2) is 7.92. The molecule has 1 unspecified atom stereocenters. The van der Waals surface area contributed by atoms with Crippen LogP contribution < -0.4 is 11.1 Å². The molecule has 0 fully saturated rings. The van der Waals surface area contributed by atoms with Gasteiger partial charge < -0.3 is 11.1 Å². The van der Waals surface area contributed by atoms with E-state index in [1.54, 1.807) is 35.9 Å². The SMILES string of the molecule is Cc1cnc(C(=O)NC(Cc2ccsc2)C(=O)C(N)=O)n1-c1ccccn1. The summed E-state index contributed by atoms with van der Waals surface area (Å²) in [6.45, 7) is 1.79. The van der Waals surface area contributed by atoms with Crippen LogP contribution in [0.25, 0.3) is 5.82 Å². The minimum absolute atomic E-state index is 0.0683. The third kappa shape index (κ3) is 4.09. The molecule has 27 heavy (non-hydrogen) atoms. The van der Waals surface area contributed by atoms with Crippen LogP contribution in [-0.4, -0.2) is 38.2 Å². The maximum absolute atomic E-state index is 12.8. The molecule has 8 nitrogen and oxygen atoms in total. The fraction of sp³-hybridized carbons (Fsp3) is 0.167. The van der Waals surface area contributed by atoms with Crippen LogP contribution >= 0.6 is 11.3 Å². The Kier molecular flexibility index (Phi) is 5.41. The molecule has 0 aliphatic carbocycles. The van der Waals surface area contributed by atoms with E-state index in [0.717, 1.165) is 5.56 Å². The molecule has 0 saturated carbocycles. The number of hydrogen-bond donors (Lipinski definition) is 2. The minimum atomic E-state index is -1.10. The molecular weight excluding hydrogens is 366 g/mol. The molecule has 3 aromatic heterocycles. The monoisotopic (exact) mass is 383 g/mol. The number of nitrogens with one attached hydrogen (secondary N) is 1. The number of ketones is 1. The van der Waals surface area contributed by atoms with Crippen molar-refractivity contribution in [2.75, 3.05) is 0 Å². The van der Waals surface area contributed by atoms with Gasteiger partial charge in [-0.3, -0.25) is 19.0 Å². The van der Waals surface area contributed by atoms with E-state index in [2.05, 4.69) is 15.3 Å². The maximum atomic E-state index is 12.8. The van der Waals surface area contributed by atoms with E-state index in [9.17, 15) is 14.4 Å². The molecule has 0 spiro atoms. The van der Waals surface area contributed by atoms with E-state index < -0.39 is 23.6 Å². The molecule has 138 valence electrons. The number of rotatable bonds is 7. The number of primary amides is 1. The number of carbonyl (C=O) groups excluding carboxylic acids is 3. The third-order valence-electron chi connectivity index (χ3n) is 3.90. The highest BCUT2D eigenvalue weighted by Crippen LogP contribution is 2.14. The van der Waals surface area contributed by atoms with Crippen molar-refractivity contribution in [2.24, 2.45) is 5.73 Å². The fourth-order valence-electron chi connectivity index (χ4n) is 2.62. The highest BCUT2D eigenvalue weighted by molar-refractivity contribution is 7.07. The van der Waals surface area contributed by atoms with Gasteiger partial charge in [0.25, 0.3) is 11.8 Å². The molecule has 3 aromatic rings. The Balaban J connectivity index is 1.88. The zero-order valence-electron chi connectivity index (χ0n) is 14.5. The second-order valence-electron chi connectivity index (χ2n) is 5.84. The van der Waals surface area contributed by atoms with Crippen LogP contribution in [0.5, 0.6) is 0 Å². The van der Waals surface area contributed by atoms with Crippen molar-refractivity contribution in [3.05, 3.63) is 64.5 Å². The van der Waals surface area contributed by atoms with Gasteiger partial charge in [-0.15, -0.1) is 0 Å². The quantitative estimate of drug-likeness (QED) is 0.591. The number of nitrogens with zero attached hydrogens (tertiary/aromatic N) is 3. The van der Waals surface area contributed by atoms with Crippen molar-refractivity contribution in [2.45, 2.75) is 19.4 Å². The summed E-state index contributed by atoms with van der Waals surface area (Å²) in [6.07, 6.45) is 3.31. The van der Waals surface area contributed by atoms with Crippen molar-refractivity contribution in [1.82, 2.24) is 19.9 Å². The van der Waals surface area contributed by atoms with Gasteiger partial charge >= 0.3 is 0 Å². The summed E-state index contributed by atoms with van der Waals surface area (Å²) in [6, 6.07) is 6.04. The number of Topliss-reactive ketones (excluding diaryl/α,β-unsaturated/α-hetero) is 1. The second-order valence-corrected chi connectivity index (χ2v) is 6.62. The number of nitrogens with two attached hydrogens (primary N) is 1. The summed E-state index contributed by atoms with van der Waals surface area (Å²) < 4.78 is 1.58. The summed E-state index contributed by atoms with van der Waals surface area (Å²) >= 11 is 1.46. The van der Waals surface area contributed by atoms with Gasteiger partial charge in [0.2, 0.25) is 11.6 Å². The van der Waals surface area contributed by atoms with Gasteiger partial charge in [-0.1, -0.05) is 6.07 Å². The van der Waals surface area contributed by atoms with Gasteiger partial charge in [-0.25, -0.2) is 9.97 Å². The Morgan fingerprint density at radius 1 is 1.26 bits per heavy atom. The first-order valence-electron chi connectivity index (χ1n) is 8.08. The zero-order chi connectivity index (χ0) is 19.4. The van der Waals surface area contributed by atoms with Crippen LogP contribution in [0, 0.1) is 6.92 Å². The molecule has 9 heteroatoms. The number of pyridine rings is 1. The smallest absolute Gasteiger partial charge is 0.288 e. The summed E-state index contributed by atoms with van der Waals surface area (Å²) in [5, 5.41) is 6.27. The molecule has 0 bridgehead atoms. The molecule has 3 N–H and O–H groups in total. The standard InChI is InChI=1S/C18H17N5O3S/c1-11-9-21-17(23(11)14-4-2-3-6-20-14)18(26)22-13(15(24)16(19)25)8-12-5-7-27-10-12/h2-7,9-10,13H,8H2,1H3,(H2,19,25)(H,22,26). The third-order valence-corrected chi connectivity index (χ3v) is 4.64. The summed E-state index contributed by atoms with van der Waals surface area (Å²) in [4.78, 5) is 44.7. The Morgan fingerprint density at radius 2 is 2.07 bits per heavy atom. The van der Waals surface area contributed by atoms with Gasteiger partial charge in [0.15, 0.2) is 0 Å². The molecule has 2 amide bonds. The van der Waals surface area contributed by atoms with Gasteiger partial charge in [-0.05, 0) is 41.4 Å². The lowest BCUT2D eigenvalue weighted by Crippen LogP contribution is -2.47. The Hall–Kier alpha value is -3.33. The van der Waals surface area contributed by atoms with Crippen LogP contribution in [0.15, 0.2) is 47.4 Å². The molecule has 1 atom stereocenters. The van der Waals surface area contributed by atoms with Crippen molar-refractivity contribution in [3.8, 4) is 5.82 Å². The fourth-order valence-corrected chi connectivity index (χ4v) is 3.30. The number of imidazole rings is 1. The lowest BCUT2D eigenvalue weighted by molar-refractivity contribution is -0.137. The number of thiophene rings is 1. The predicted octanol–water partition coefficient (Wildman–Crippen LogP) is 1.03. The highest BCUT2D eigenvalue weighted by Gasteiger charge is 2.28. The molecule has 3 rings (SSSR count). The van der Waals surface area contributed by atoms with E-state index in [1.165, 1.54) is 17.5 Å². The normalized spacial score (nSPS) is 11.7. The van der Waals surface area contributed by atoms with E-state index in [-0.39, 0.29) is 12.2 Å². The molecule has 0 aliphatic rings. The molecule has 3 heterocycles. The maximum Gasteiger partial charge on any atom is 0.288 e. The van der Waals surface area contributed by atoms with Gasteiger partial charge in [0.05, 0.1) is 0 Å². The lowest BCUT2D eigenvalue weighted by Gasteiger charge is -2.16. The lowest BCUT2D eigenvalue weighted by atomic mass is 10.0. The largest absolute Gasteiger partial charge is 0.363 e. The molecule has 0 radical (unpaired) electrons. The van der Waals surface area contributed by atoms with Crippen LogP contribution in [0.3, 0.4) is 0 Å². The average Bonchev–Trinajstić information content (AvgIpc) is 3.30. The van der Waals surface area contributed by atoms with Crippen molar-refractivity contribution < 1.29 is 14.4 Å². The van der Waals surface area contributed by atoms with Crippen molar-refractivity contribution in [1.29, 1.82) is 0 Å². The molecule has 0 saturated heterocycles. The molecular formula is C18H17N5O3S. The first-order valence-corrected chi connectivity index (χ1v) is 9.03. The van der Waals surface area contributed by atoms with Gasteiger partial charge in [0, 0.05) is 24.5 Å². The van der Waals surface area contributed by atoms with E-state index >= 15 is 0 Å². The number of carbonyl (C=O) groups is 3. The van der Waals surface area contributed by atoms with E-state index in [4.69, 9.17) is 5.73 Å².